The van der Waals surface area contributed by atoms with Gasteiger partial charge in [-0.2, -0.15) is 0 Å². The molecule has 1 aliphatic rings. The number of hydrogen-bond acceptors (Lipinski definition) is 6. The van der Waals surface area contributed by atoms with Gasteiger partial charge in [0.1, 0.15) is 18.0 Å². The van der Waals surface area contributed by atoms with Crippen LogP contribution in [0.1, 0.15) is 25.6 Å². The van der Waals surface area contributed by atoms with Gasteiger partial charge in [-0.15, -0.1) is 10.2 Å². The minimum absolute atomic E-state index is 0.353. The third kappa shape index (κ3) is 5.04. The van der Waals surface area contributed by atoms with E-state index in [9.17, 15) is 0 Å². The molecule has 9 nitrogen and oxygen atoms in total. The van der Waals surface area contributed by atoms with Gasteiger partial charge in [-0.25, -0.2) is 4.99 Å². The first-order chi connectivity index (χ1) is 15.7. The predicted octanol–water partition coefficient (Wildman–Crippen LogP) is 2.47. The first-order valence-corrected chi connectivity index (χ1v) is 11.0. The monoisotopic (exact) mass is 437 g/mol. The molecule has 2 aromatic heterocycles. The number of pyridine rings is 1. The molecule has 4 rings (SSSR count). The molecule has 0 spiro atoms. The third-order valence-corrected chi connectivity index (χ3v) is 5.64. The molecule has 2 N–H and O–H groups in total. The van der Waals surface area contributed by atoms with Gasteiger partial charge in [0.2, 0.25) is 0 Å². The van der Waals surface area contributed by atoms with E-state index in [-0.39, 0.29) is 0 Å². The Kier molecular flexibility index (Phi) is 6.94. The molecule has 170 valence electrons. The topological polar surface area (TPSA) is 88.3 Å². The van der Waals surface area contributed by atoms with Crippen molar-refractivity contribution in [2.75, 3.05) is 38.8 Å². The number of benzene rings is 1. The Hall–Kier alpha value is -3.49. The van der Waals surface area contributed by atoms with Gasteiger partial charge in [-0.3, -0.25) is 4.40 Å². The predicted molar refractivity (Wildman–Crippen MR) is 126 cm³/mol. The first-order valence-electron chi connectivity index (χ1n) is 11.0. The maximum absolute atomic E-state index is 5.42. The van der Waals surface area contributed by atoms with E-state index in [1.54, 1.807) is 14.2 Å². The zero-order valence-corrected chi connectivity index (χ0v) is 18.9. The Morgan fingerprint density at radius 2 is 1.84 bits per heavy atom. The van der Waals surface area contributed by atoms with Gasteiger partial charge >= 0.3 is 0 Å². The van der Waals surface area contributed by atoms with E-state index in [4.69, 9.17) is 14.5 Å². The fraction of sp³-hybridized carbons (Fsp3) is 0.435. The van der Waals surface area contributed by atoms with Crippen LogP contribution in [-0.4, -0.2) is 60.5 Å². The molecule has 1 fully saturated rings. The Morgan fingerprint density at radius 3 is 2.53 bits per heavy atom. The van der Waals surface area contributed by atoms with Crippen LogP contribution in [0.2, 0.25) is 0 Å². The maximum Gasteiger partial charge on any atom is 0.191 e. The summed E-state index contributed by atoms with van der Waals surface area (Å²) in [6.07, 6.45) is 3.99. The Balaban J connectivity index is 1.37. The standard InChI is InChI=1S/C23H31N7O2/c1-4-24-23(25-16-22-28-27-21-7-5-6-10-30(21)22)26-17-8-11-29(12-9-17)18-13-19(31-2)15-20(14-18)32-3/h5-7,10,13-15,17H,4,8-9,11-12,16H2,1-3H3,(H2,24,25,26). The lowest BCUT2D eigenvalue weighted by Gasteiger charge is -2.34. The van der Waals surface area contributed by atoms with Gasteiger partial charge in [0.05, 0.1) is 14.2 Å². The number of nitrogens with zero attached hydrogens (tertiary/aromatic N) is 5. The summed E-state index contributed by atoms with van der Waals surface area (Å²) < 4.78 is 12.8. The largest absolute Gasteiger partial charge is 0.497 e. The van der Waals surface area contributed by atoms with Crippen molar-refractivity contribution in [1.82, 2.24) is 25.2 Å². The van der Waals surface area contributed by atoms with Gasteiger partial charge in [0.15, 0.2) is 17.4 Å². The van der Waals surface area contributed by atoms with Crippen LogP contribution < -0.4 is 25.0 Å². The highest BCUT2D eigenvalue weighted by Crippen LogP contribution is 2.30. The molecule has 1 aliphatic heterocycles. The highest BCUT2D eigenvalue weighted by molar-refractivity contribution is 5.80. The summed E-state index contributed by atoms with van der Waals surface area (Å²) in [4.78, 5) is 7.12. The van der Waals surface area contributed by atoms with Crippen molar-refractivity contribution in [3.05, 3.63) is 48.4 Å². The van der Waals surface area contributed by atoms with E-state index in [1.165, 1.54) is 0 Å². The number of aromatic nitrogens is 3. The van der Waals surface area contributed by atoms with Crippen LogP contribution >= 0.6 is 0 Å². The van der Waals surface area contributed by atoms with E-state index in [0.29, 0.717) is 12.6 Å². The summed E-state index contributed by atoms with van der Waals surface area (Å²) in [5, 5.41) is 15.4. The minimum Gasteiger partial charge on any atom is -0.497 e. The molecule has 0 radical (unpaired) electrons. The van der Waals surface area contributed by atoms with Gasteiger partial charge in [-0.1, -0.05) is 6.07 Å². The summed E-state index contributed by atoms with van der Waals surface area (Å²) in [6, 6.07) is 12.2. The smallest absolute Gasteiger partial charge is 0.191 e. The average Bonchev–Trinajstić information content (AvgIpc) is 3.26. The molecule has 3 heterocycles. The molecule has 1 saturated heterocycles. The van der Waals surface area contributed by atoms with Crippen molar-refractivity contribution in [3.8, 4) is 11.5 Å². The Morgan fingerprint density at radius 1 is 1.09 bits per heavy atom. The van der Waals surface area contributed by atoms with Crippen molar-refractivity contribution in [2.45, 2.75) is 32.4 Å². The van der Waals surface area contributed by atoms with E-state index < -0.39 is 0 Å². The van der Waals surface area contributed by atoms with Crippen LogP contribution in [0.4, 0.5) is 5.69 Å². The molecule has 1 aromatic carbocycles. The summed E-state index contributed by atoms with van der Waals surface area (Å²) in [6.45, 7) is 5.23. The van der Waals surface area contributed by atoms with E-state index in [2.05, 4.69) is 44.8 Å². The van der Waals surface area contributed by atoms with Gasteiger partial charge in [-0.05, 0) is 31.9 Å². The highest BCUT2D eigenvalue weighted by Gasteiger charge is 2.21. The normalized spacial score (nSPS) is 15.1. The number of ether oxygens (including phenoxy) is 2. The fourth-order valence-electron chi connectivity index (χ4n) is 3.92. The number of anilines is 1. The minimum atomic E-state index is 0.353. The van der Waals surface area contributed by atoms with Gasteiger partial charge < -0.3 is 25.0 Å². The lowest BCUT2D eigenvalue weighted by atomic mass is 10.0. The van der Waals surface area contributed by atoms with Crippen LogP contribution in [0.25, 0.3) is 5.65 Å². The second kappa shape index (κ2) is 10.2. The molecule has 0 aliphatic carbocycles. The van der Waals surface area contributed by atoms with Crippen LogP contribution in [-0.2, 0) is 6.54 Å². The van der Waals surface area contributed by atoms with Crippen molar-refractivity contribution in [2.24, 2.45) is 4.99 Å². The number of piperidine rings is 1. The van der Waals surface area contributed by atoms with Crippen LogP contribution in [0.5, 0.6) is 11.5 Å². The number of hydrogen-bond donors (Lipinski definition) is 2. The molecular weight excluding hydrogens is 406 g/mol. The van der Waals surface area contributed by atoms with Gasteiger partial charge in [0, 0.05) is 55.8 Å². The van der Waals surface area contributed by atoms with E-state index in [1.807, 2.05) is 34.9 Å². The number of rotatable bonds is 7. The molecular formula is C23H31N7O2. The molecule has 32 heavy (non-hydrogen) atoms. The highest BCUT2D eigenvalue weighted by atomic mass is 16.5. The van der Waals surface area contributed by atoms with E-state index in [0.717, 1.165) is 67.1 Å². The van der Waals surface area contributed by atoms with Crippen molar-refractivity contribution in [1.29, 1.82) is 0 Å². The summed E-state index contributed by atoms with van der Waals surface area (Å²) in [5.74, 6) is 3.24. The van der Waals surface area contributed by atoms with Gasteiger partial charge in [0.25, 0.3) is 0 Å². The third-order valence-electron chi connectivity index (χ3n) is 5.64. The molecule has 0 saturated carbocycles. The average molecular weight is 438 g/mol. The van der Waals surface area contributed by atoms with Crippen LogP contribution in [0, 0.1) is 0 Å². The number of nitrogens with one attached hydrogen (secondary N) is 2. The molecule has 0 amide bonds. The number of aliphatic imine (C=N–C) groups is 1. The summed E-state index contributed by atoms with van der Waals surface area (Å²) in [5.41, 5.74) is 1.95. The molecule has 3 aromatic rings. The van der Waals surface area contributed by atoms with E-state index >= 15 is 0 Å². The SMILES string of the molecule is CCNC(=NCc1nnc2ccccn12)NC1CCN(c2cc(OC)cc(OC)c2)CC1. The summed E-state index contributed by atoms with van der Waals surface area (Å²) >= 11 is 0. The lowest BCUT2D eigenvalue weighted by molar-refractivity contribution is 0.393. The number of fused-ring (bicyclic) bond motifs is 1. The lowest BCUT2D eigenvalue weighted by Crippen LogP contribution is -2.48. The Labute approximate surface area is 188 Å². The fourth-order valence-corrected chi connectivity index (χ4v) is 3.92. The molecule has 9 heteroatoms. The molecule has 0 bridgehead atoms. The molecule has 0 atom stereocenters. The van der Waals surface area contributed by atoms with Crippen molar-refractivity contribution >= 4 is 17.3 Å². The quantitative estimate of drug-likeness (QED) is 0.434. The first kappa shape index (κ1) is 21.7. The summed E-state index contributed by atoms with van der Waals surface area (Å²) in [7, 11) is 3.36. The van der Waals surface area contributed by atoms with Crippen LogP contribution in [0.3, 0.4) is 0 Å². The maximum atomic E-state index is 5.42. The number of guanidine groups is 1. The number of methoxy groups -OCH3 is 2. The Bertz CT molecular complexity index is 1040. The molecule has 0 unspecified atom stereocenters. The van der Waals surface area contributed by atoms with Crippen molar-refractivity contribution < 1.29 is 9.47 Å². The van der Waals surface area contributed by atoms with Crippen molar-refractivity contribution in [3.63, 3.8) is 0 Å². The zero-order chi connectivity index (χ0) is 22.3. The second-order valence-electron chi connectivity index (χ2n) is 7.72. The second-order valence-corrected chi connectivity index (χ2v) is 7.72. The van der Waals surface area contributed by atoms with Crippen LogP contribution in [0.15, 0.2) is 47.6 Å². The zero-order valence-electron chi connectivity index (χ0n) is 18.9.